The molecule has 4 rings (SSSR count). The minimum atomic E-state index is -0.606. The van der Waals surface area contributed by atoms with Gasteiger partial charge < -0.3 is 14.6 Å². The maximum Gasteiger partial charge on any atom is 0.122 e. The van der Waals surface area contributed by atoms with Gasteiger partial charge in [0.1, 0.15) is 17.6 Å². The van der Waals surface area contributed by atoms with Gasteiger partial charge in [0.15, 0.2) is 0 Å². The molecular formula is C18H18O3. The second-order valence-corrected chi connectivity index (χ2v) is 5.75. The van der Waals surface area contributed by atoms with Crippen molar-refractivity contribution in [2.75, 3.05) is 6.61 Å². The van der Waals surface area contributed by atoms with E-state index in [-0.39, 0.29) is 0 Å². The molecule has 2 aromatic rings. The quantitative estimate of drug-likeness (QED) is 0.935. The van der Waals surface area contributed by atoms with Gasteiger partial charge in [-0.25, -0.2) is 0 Å². The van der Waals surface area contributed by atoms with Crippen molar-refractivity contribution in [1.29, 1.82) is 0 Å². The van der Waals surface area contributed by atoms with Crippen LogP contribution >= 0.6 is 0 Å². The Kier molecular flexibility index (Phi) is 3.08. The molecular weight excluding hydrogens is 264 g/mol. The fraction of sp³-hybridized carbons (Fsp3) is 0.333. The average Bonchev–Trinajstić information content (AvgIpc) is 3.21. The number of aliphatic hydroxyl groups excluding tert-OH is 1. The third-order valence-electron chi connectivity index (χ3n) is 4.05. The van der Waals surface area contributed by atoms with E-state index in [2.05, 4.69) is 0 Å². The van der Waals surface area contributed by atoms with Crippen LogP contribution in [-0.2, 0) is 6.42 Å². The van der Waals surface area contributed by atoms with Crippen molar-refractivity contribution >= 4 is 0 Å². The first-order valence-corrected chi connectivity index (χ1v) is 7.50. The molecule has 1 heterocycles. The number of aliphatic hydroxyl groups is 1. The van der Waals surface area contributed by atoms with E-state index in [1.165, 1.54) is 5.56 Å². The van der Waals surface area contributed by atoms with Gasteiger partial charge in [-0.1, -0.05) is 18.2 Å². The summed E-state index contributed by atoms with van der Waals surface area (Å²) in [6.45, 7) is 0.738. The van der Waals surface area contributed by atoms with E-state index in [1.54, 1.807) is 0 Å². The minimum Gasteiger partial charge on any atom is -0.493 e. The van der Waals surface area contributed by atoms with Crippen molar-refractivity contribution < 1.29 is 14.6 Å². The summed E-state index contributed by atoms with van der Waals surface area (Å²) in [5.74, 6) is 1.83. The molecule has 0 saturated heterocycles. The summed E-state index contributed by atoms with van der Waals surface area (Å²) in [5, 5.41) is 10.5. The molecule has 3 heteroatoms. The van der Waals surface area contributed by atoms with Crippen molar-refractivity contribution in [3.63, 3.8) is 0 Å². The molecule has 0 radical (unpaired) electrons. The van der Waals surface area contributed by atoms with E-state index < -0.39 is 6.10 Å². The predicted octanol–water partition coefficient (Wildman–Crippen LogP) is 3.24. The Morgan fingerprint density at radius 1 is 1.05 bits per heavy atom. The lowest BCUT2D eigenvalue weighted by Crippen LogP contribution is -2.01. The van der Waals surface area contributed by atoms with Crippen LogP contribution in [0.2, 0.25) is 0 Å². The van der Waals surface area contributed by atoms with Crippen LogP contribution in [0.5, 0.6) is 11.5 Å². The molecule has 2 aliphatic rings. The Morgan fingerprint density at radius 2 is 1.81 bits per heavy atom. The van der Waals surface area contributed by atoms with Gasteiger partial charge in [-0.2, -0.15) is 0 Å². The molecule has 1 unspecified atom stereocenters. The monoisotopic (exact) mass is 282 g/mol. The molecule has 1 saturated carbocycles. The van der Waals surface area contributed by atoms with E-state index in [4.69, 9.17) is 9.47 Å². The molecule has 108 valence electrons. The van der Waals surface area contributed by atoms with Crippen molar-refractivity contribution in [2.24, 2.45) is 0 Å². The van der Waals surface area contributed by atoms with Crippen molar-refractivity contribution in [3.8, 4) is 11.5 Å². The van der Waals surface area contributed by atoms with Crippen LogP contribution < -0.4 is 9.47 Å². The highest BCUT2D eigenvalue weighted by atomic mass is 16.5. The summed E-state index contributed by atoms with van der Waals surface area (Å²) in [4.78, 5) is 0. The smallest absolute Gasteiger partial charge is 0.122 e. The van der Waals surface area contributed by atoms with Crippen LogP contribution in [0.3, 0.4) is 0 Å². The largest absolute Gasteiger partial charge is 0.493 e. The van der Waals surface area contributed by atoms with Crippen LogP contribution in [0.15, 0.2) is 42.5 Å². The third-order valence-corrected chi connectivity index (χ3v) is 4.05. The van der Waals surface area contributed by atoms with Crippen LogP contribution in [0, 0.1) is 0 Å². The van der Waals surface area contributed by atoms with Gasteiger partial charge in [0.2, 0.25) is 0 Å². The number of benzene rings is 2. The van der Waals surface area contributed by atoms with E-state index in [1.807, 2.05) is 42.5 Å². The van der Waals surface area contributed by atoms with Gasteiger partial charge in [0.05, 0.1) is 12.7 Å². The molecule has 1 aliphatic carbocycles. The van der Waals surface area contributed by atoms with Gasteiger partial charge in [0.25, 0.3) is 0 Å². The highest BCUT2D eigenvalue weighted by molar-refractivity contribution is 5.43. The lowest BCUT2D eigenvalue weighted by molar-refractivity contribution is 0.220. The topological polar surface area (TPSA) is 38.7 Å². The molecule has 1 N–H and O–H groups in total. The molecule has 0 aromatic heterocycles. The first-order valence-electron chi connectivity index (χ1n) is 7.50. The maximum atomic E-state index is 10.5. The zero-order valence-electron chi connectivity index (χ0n) is 11.8. The number of ether oxygens (including phenoxy) is 2. The Morgan fingerprint density at radius 3 is 2.57 bits per heavy atom. The second kappa shape index (κ2) is 5.08. The summed E-state index contributed by atoms with van der Waals surface area (Å²) >= 11 is 0. The molecule has 2 aromatic carbocycles. The number of fused-ring (bicyclic) bond motifs is 1. The fourth-order valence-electron chi connectivity index (χ4n) is 2.68. The molecule has 1 atom stereocenters. The highest BCUT2D eigenvalue weighted by Crippen LogP contribution is 2.32. The molecule has 0 spiro atoms. The van der Waals surface area contributed by atoms with Gasteiger partial charge in [-0.05, 0) is 53.8 Å². The zero-order chi connectivity index (χ0) is 14.2. The molecule has 1 aliphatic heterocycles. The van der Waals surface area contributed by atoms with Gasteiger partial charge in [-0.15, -0.1) is 0 Å². The average molecular weight is 282 g/mol. The zero-order valence-corrected chi connectivity index (χ0v) is 11.8. The van der Waals surface area contributed by atoms with Gasteiger partial charge >= 0.3 is 0 Å². The Balaban J connectivity index is 1.54. The van der Waals surface area contributed by atoms with Gasteiger partial charge in [-0.3, -0.25) is 0 Å². The lowest BCUT2D eigenvalue weighted by atomic mass is 9.99. The summed E-state index contributed by atoms with van der Waals surface area (Å²) in [6.07, 6.45) is 3.02. The van der Waals surface area contributed by atoms with Crippen LogP contribution in [0.1, 0.15) is 35.6 Å². The van der Waals surface area contributed by atoms with Crippen LogP contribution in [0.25, 0.3) is 0 Å². The standard InChI is InChI=1S/C18H18O3/c19-18(14-3-8-17-13(11-14)9-10-20-17)12-1-4-15(5-2-12)21-16-6-7-16/h1-5,8,11,16,18-19H,6-7,9-10H2. The highest BCUT2D eigenvalue weighted by Gasteiger charge is 2.23. The molecule has 3 nitrogen and oxygen atoms in total. The lowest BCUT2D eigenvalue weighted by Gasteiger charge is -2.13. The predicted molar refractivity (Wildman–Crippen MR) is 79.8 cm³/mol. The molecule has 0 bridgehead atoms. The van der Waals surface area contributed by atoms with Crippen LogP contribution in [-0.4, -0.2) is 17.8 Å². The molecule has 1 fully saturated rings. The first kappa shape index (κ1) is 12.7. The van der Waals surface area contributed by atoms with Crippen molar-refractivity contribution in [2.45, 2.75) is 31.5 Å². The Hall–Kier alpha value is -2.00. The minimum absolute atomic E-state index is 0.400. The SMILES string of the molecule is OC(c1ccc(OC2CC2)cc1)c1ccc2c(c1)CCO2. The maximum absolute atomic E-state index is 10.5. The number of hydrogen-bond acceptors (Lipinski definition) is 3. The normalized spacial score (nSPS) is 18.0. The van der Waals surface area contributed by atoms with E-state index in [0.29, 0.717) is 6.10 Å². The van der Waals surface area contributed by atoms with E-state index in [9.17, 15) is 5.11 Å². The first-order chi connectivity index (χ1) is 10.3. The molecule has 21 heavy (non-hydrogen) atoms. The summed E-state index contributed by atoms with van der Waals surface area (Å²) in [7, 11) is 0. The summed E-state index contributed by atoms with van der Waals surface area (Å²) in [5.41, 5.74) is 2.98. The van der Waals surface area contributed by atoms with Crippen molar-refractivity contribution in [1.82, 2.24) is 0 Å². The van der Waals surface area contributed by atoms with E-state index >= 15 is 0 Å². The molecule has 0 amide bonds. The number of hydrogen-bond donors (Lipinski definition) is 1. The van der Waals surface area contributed by atoms with E-state index in [0.717, 1.165) is 48.5 Å². The van der Waals surface area contributed by atoms with Crippen LogP contribution in [0.4, 0.5) is 0 Å². The Labute approximate surface area is 124 Å². The fourth-order valence-corrected chi connectivity index (χ4v) is 2.68. The summed E-state index contributed by atoms with van der Waals surface area (Å²) in [6, 6.07) is 13.7. The van der Waals surface area contributed by atoms with Gasteiger partial charge in [0, 0.05) is 6.42 Å². The second-order valence-electron chi connectivity index (χ2n) is 5.75. The van der Waals surface area contributed by atoms with Crippen molar-refractivity contribution in [3.05, 3.63) is 59.2 Å². The summed E-state index contributed by atoms with van der Waals surface area (Å²) < 4.78 is 11.2. The Bertz CT molecular complexity index is 644. The number of rotatable bonds is 4. The third kappa shape index (κ3) is 2.61.